The fraction of sp³-hybridized carbons (Fsp3) is 0.810. The number of rotatable bonds is 17. The zero-order chi connectivity index (χ0) is 20.5. The summed E-state index contributed by atoms with van der Waals surface area (Å²) in [7, 11) is 0. The largest absolute Gasteiger partial charge is 0.308 e. The third-order valence-corrected chi connectivity index (χ3v) is 5.33. The van der Waals surface area contributed by atoms with Crippen molar-refractivity contribution in [2.24, 2.45) is 0 Å². The highest BCUT2D eigenvalue weighted by Crippen LogP contribution is 2.13. The number of nitrogens with zero attached hydrogens (tertiary/aromatic N) is 1. The van der Waals surface area contributed by atoms with Crippen LogP contribution in [0.4, 0.5) is 5.95 Å². The van der Waals surface area contributed by atoms with Crippen LogP contribution in [0.15, 0.2) is 0 Å². The van der Waals surface area contributed by atoms with Crippen LogP contribution in [0.5, 0.6) is 0 Å². The number of nitrogens with one attached hydrogen (secondary N) is 3. The molecule has 0 bridgehead atoms. The molecule has 0 atom stereocenters. The molecule has 0 unspecified atom stereocenters. The number of hydrogen-bond acceptors (Lipinski definition) is 4. The van der Waals surface area contributed by atoms with E-state index in [-0.39, 0.29) is 10.7 Å². The highest BCUT2D eigenvalue weighted by atomic mass is 32.1. The first-order valence-corrected chi connectivity index (χ1v) is 11.9. The minimum Gasteiger partial charge on any atom is -0.308 e. The average molecular weight is 427 g/mol. The summed E-state index contributed by atoms with van der Waals surface area (Å²) in [6.07, 6.45) is 20.3. The van der Waals surface area contributed by atoms with Crippen molar-refractivity contribution in [3.8, 4) is 0 Å². The molecule has 1 amide bonds. The topological polar surface area (TPSA) is 73.6 Å². The Hall–Kier alpha value is -1.08. The monoisotopic (exact) mass is 426 g/mol. The highest BCUT2D eigenvalue weighted by Gasteiger charge is 2.04. The molecule has 1 aromatic heterocycles. The number of amides is 1. The SMILES string of the molecule is CCCCCCCCCCCCCCCCCC(=O)Nc1nc(=S)[nH]c(=S)[nH]1. The summed E-state index contributed by atoms with van der Waals surface area (Å²) in [5.74, 6) is 0.271. The van der Waals surface area contributed by atoms with E-state index in [0.29, 0.717) is 17.1 Å². The predicted octanol–water partition coefficient (Wildman–Crippen LogP) is 7.40. The molecule has 0 saturated heterocycles. The third kappa shape index (κ3) is 14.0. The van der Waals surface area contributed by atoms with Crippen LogP contribution < -0.4 is 5.32 Å². The summed E-state index contributed by atoms with van der Waals surface area (Å²) in [5, 5.41) is 2.71. The maximum absolute atomic E-state index is 11.9. The van der Waals surface area contributed by atoms with Crippen molar-refractivity contribution in [3.63, 3.8) is 0 Å². The number of hydrogen-bond donors (Lipinski definition) is 3. The molecule has 0 saturated carbocycles. The molecule has 160 valence electrons. The van der Waals surface area contributed by atoms with E-state index in [9.17, 15) is 4.79 Å². The van der Waals surface area contributed by atoms with Gasteiger partial charge in [0.25, 0.3) is 0 Å². The summed E-state index contributed by atoms with van der Waals surface area (Å²) < 4.78 is 0.633. The van der Waals surface area contributed by atoms with Gasteiger partial charge in [-0.25, -0.2) is 0 Å². The first kappa shape index (κ1) is 25.0. The molecule has 0 aliphatic heterocycles. The maximum Gasteiger partial charge on any atom is 0.226 e. The van der Waals surface area contributed by atoms with Gasteiger partial charge in [0.2, 0.25) is 16.6 Å². The molecule has 0 fully saturated rings. The van der Waals surface area contributed by atoms with Crippen LogP contribution in [0.3, 0.4) is 0 Å². The van der Waals surface area contributed by atoms with Gasteiger partial charge in [-0.15, -0.1) is 0 Å². The lowest BCUT2D eigenvalue weighted by molar-refractivity contribution is -0.116. The lowest BCUT2D eigenvalue weighted by atomic mass is 10.0. The van der Waals surface area contributed by atoms with Crippen LogP contribution in [-0.2, 0) is 4.79 Å². The Bertz CT molecular complexity index is 614. The second-order valence-corrected chi connectivity index (χ2v) is 8.39. The van der Waals surface area contributed by atoms with Crippen LogP contribution >= 0.6 is 24.4 Å². The Balaban J connectivity index is 1.88. The maximum atomic E-state index is 11.9. The van der Waals surface area contributed by atoms with Crippen LogP contribution in [0.2, 0.25) is 0 Å². The summed E-state index contributed by atoms with van der Waals surface area (Å²) in [6.45, 7) is 2.27. The standard InChI is InChI=1S/C21H38N4OS2/c1-2-3-4-5-6-7-8-9-10-11-12-13-14-15-16-17-18(26)22-19-23-20(27)25-21(28)24-19/h2-17H2,1H3,(H3,22,23,24,25,26,27,28). The first-order chi connectivity index (χ1) is 13.6. The van der Waals surface area contributed by atoms with Crippen LogP contribution in [-0.4, -0.2) is 20.9 Å². The number of aromatic amines is 2. The molecule has 0 aliphatic rings. The van der Waals surface area contributed by atoms with Gasteiger partial charge in [0.1, 0.15) is 0 Å². The van der Waals surface area contributed by atoms with Gasteiger partial charge >= 0.3 is 0 Å². The second-order valence-electron chi connectivity index (χ2n) is 7.59. The van der Waals surface area contributed by atoms with Crippen molar-refractivity contribution in [2.45, 2.75) is 110 Å². The van der Waals surface area contributed by atoms with E-state index in [1.165, 1.54) is 83.5 Å². The zero-order valence-corrected chi connectivity index (χ0v) is 19.1. The van der Waals surface area contributed by atoms with E-state index >= 15 is 0 Å². The van der Waals surface area contributed by atoms with Gasteiger partial charge in [0.15, 0.2) is 4.77 Å². The predicted molar refractivity (Wildman–Crippen MR) is 123 cm³/mol. The van der Waals surface area contributed by atoms with Gasteiger partial charge in [-0.1, -0.05) is 96.8 Å². The number of unbranched alkanes of at least 4 members (excludes halogenated alkanes) is 14. The van der Waals surface area contributed by atoms with Crippen molar-refractivity contribution in [1.82, 2.24) is 15.0 Å². The Morgan fingerprint density at radius 3 is 1.71 bits per heavy atom. The fourth-order valence-corrected chi connectivity index (χ4v) is 3.76. The highest BCUT2D eigenvalue weighted by molar-refractivity contribution is 7.71. The molecule has 0 aromatic carbocycles. The van der Waals surface area contributed by atoms with Gasteiger partial charge in [0, 0.05) is 6.42 Å². The molecule has 0 aliphatic carbocycles. The summed E-state index contributed by atoms with van der Waals surface area (Å²) >= 11 is 9.92. The smallest absolute Gasteiger partial charge is 0.226 e. The number of H-pyrrole nitrogens is 2. The third-order valence-electron chi connectivity index (χ3n) is 4.93. The number of aromatic nitrogens is 3. The van der Waals surface area contributed by atoms with Crippen molar-refractivity contribution in [1.29, 1.82) is 0 Å². The molecule has 1 aromatic rings. The van der Waals surface area contributed by atoms with E-state index in [1.54, 1.807) is 0 Å². The lowest BCUT2D eigenvalue weighted by Crippen LogP contribution is -2.14. The number of carbonyl (C=O) groups excluding carboxylic acids is 1. The van der Waals surface area contributed by atoms with E-state index < -0.39 is 0 Å². The number of anilines is 1. The first-order valence-electron chi connectivity index (χ1n) is 11.1. The summed E-state index contributed by atoms with van der Waals surface area (Å²) in [4.78, 5) is 21.4. The van der Waals surface area contributed by atoms with Crippen molar-refractivity contribution in [2.75, 3.05) is 5.32 Å². The molecule has 0 radical (unpaired) electrons. The van der Waals surface area contributed by atoms with Crippen LogP contribution in [0.25, 0.3) is 0 Å². The van der Waals surface area contributed by atoms with Gasteiger partial charge < -0.3 is 9.97 Å². The Labute approximate surface area is 180 Å². The molecule has 3 N–H and O–H groups in total. The molecule has 1 heterocycles. The summed E-state index contributed by atoms with van der Waals surface area (Å²) in [5.41, 5.74) is 0. The Kier molecular flexibility index (Phi) is 15.0. The van der Waals surface area contributed by atoms with E-state index in [2.05, 4.69) is 27.2 Å². The van der Waals surface area contributed by atoms with Gasteiger partial charge in [-0.2, -0.15) is 4.98 Å². The van der Waals surface area contributed by atoms with Crippen LogP contribution in [0.1, 0.15) is 110 Å². The second kappa shape index (κ2) is 16.8. The van der Waals surface area contributed by atoms with Crippen molar-refractivity contribution >= 4 is 36.3 Å². The van der Waals surface area contributed by atoms with E-state index in [1.807, 2.05) is 0 Å². The molecular weight excluding hydrogens is 388 g/mol. The number of carbonyl (C=O) groups is 1. The Morgan fingerprint density at radius 1 is 0.786 bits per heavy atom. The molecule has 7 heteroatoms. The van der Waals surface area contributed by atoms with E-state index in [4.69, 9.17) is 24.4 Å². The molecule has 0 spiro atoms. The minimum atomic E-state index is -0.0477. The summed E-state index contributed by atoms with van der Waals surface area (Å²) in [6, 6.07) is 0. The quantitative estimate of drug-likeness (QED) is 0.179. The van der Waals surface area contributed by atoms with Crippen molar-refractivity contribution in [3.05, 3.63) is 9.54 Å². The Morgan fingerprint density at radius 2 is 1.25 bits per heavy atom. The lowest BCUT2D eigenvalue weighted by Gasteiger charge is -2.05. The fourth-order valence-electron chi connectivity index (χ4n) is 3.30. The molecule has 5 nitrogen and oxygen atoms in total. The van der Waals surface area contributed by atoms with E-state index in [0.717, 1.165) is 12.8 Å². The molecule has 28 heavy (non-hydrogen) atoms. The van der Waals surface area contributed by atoms with Gasteiger partial charge in [-0.3, -0.25) is 10.1 Å². The molecular formula is C21H38N4OS2. The van der Waals surface area contributed by atoms with Gasteiger partial charge in [0.05, 0.1) is 0 Å². The zero-order valence-electron chi connectivity index (χ0n) is 17.5. The van der Waals surface area contributed by atoms with Crippen LogP contribution in [0, 0.1) is 9.54 Å². The normalized spacial score (nSPS) is 10.9. The molecule has 1 rings (SSSR count). The van der Waals surface area contributed by atoms with Gasteiger partial charge in [-0.05, 0) is 30.9 Å². The van der Waals surface area contributed by atoms with Crippen molar-refractivity contribution < 1.29 is 4.79 Å². The minimum absolute atomic E-state index is 0.0477. The average Bonchev–Trinajstić information content (AvgIpc) is 2.64.